The van der Waals surface area contributed by atoms with E-state index < -0.39 is 5.97 Å². The quantitative estimate of drug-likeness (QED) is 0.423. The Morgan fingerprint density at radius 1 is 1.04 bits per heavy atom. The van der Waals surface area contributed by atoms with Gasteiger partial charge in [0.05, 0.1) is 19.2 Å². The fraction of sp³-hybridized carbons (Fsp3) is 0.211. The molecule has 0 atom stereocenters. The molecule has 0 bridgehead atoms. The van der Waals surface area contributed by atoms with Crippen LogP contribution in [-0.4, -0.2) is 37.9 Å². The lowest BCUT2D eigenvalue weighted by molar-refractivity contribution is 0.0595. The highest BCUT2D eigenvalue weighted by molar-refractivity contribution is 9.10. The summed E-state index contributed by atoms with van der Waals surface area (Å²) in [6.07, 6.45) is 0. The predicted octanol–water partition coefficient (Wildman–Crippen LogP) is 3.25. The Morgan fingerprint density at radius 2 is 1.73 bits per heavy atom. The molecule has 2 aromatic carbocycles. The molecule has 0 aliphatic carbocycles. The summed E-state index contributed by atoms with van der Waals surface area (Å²) in [6, 6.07) is 11.6. The molecule has 136 valence electrons. The first-order valence-electron chi connectivity index (χ1n) is 7.83. The highest BCUT2D eigenvalue weighted by Crippen LogP contribution is 2.23. The summed E-state index contributed by atoms with van der Waals surface area (Å²) in [7, 11) is 1.29. The van der Waals surface area contributed by atoms with Crippen LogP contribution < -0.4 is 10.1 Å². The largest absolute Gasteiger partial charge is 0.491 e. The average molecular weight is 420 g/mol. The first-order valence-corrected chi connectivity index (χ1v) is 8.62. The molecular weight excluding hydrogens is 402 g/mol. The van der Waals surface area contributed by atoms with Crippen LogP contribution in [0.3, 0.4) is 0 Å². The summed E-state index contributed by atoms with van der Waals surface area (Å²) in [4.78, 5) is 35.6. The van der Waals surface area contributed by atoms with Gasteiger partial charge in [0.25, 0.3) is 5.91 Å². The molecule has 1 N–H and O–H groups in total. The molecule has 0 radical (unpaired) electrons. The van der Waals surface area contributed by atoms with E-state index in [4.69, 9.17) is 9.47 Å². The highest BCUT2D eigenvalue weighted by atomic mass is 79.9. The van der Waals surface area contributed by atoms with E-state index in [0.717, 1.165) is 4.47 Å². The summed E-state index contributed by atoms with van der Waals surface area (Å²) in [5, 5.41) is 2.70. The minimum atomic E-state index is -0.513. The van der Waals surface area contributed by atoms with E-state index in [-0.39, 0.29) is 30.4 Å². The fourth-order valence-electron chi connectivity index (χ4n) is 2.31. The number of hydrogen-bond donors (Lipinski definition) is 1. The number of halogens is 1. The maximum absolute atomic E-state index is 12.2. The topological polar surface area (TPSA) is 81.7 Å². The summed E-state index contributed by atoms with van der Waals surface area (Å²) in [6.45, 7) is 1.78. The molecule has 0 heterocycles. The van der Waals surface area contributed by atoms with E-state index in [9.17, 15) is 14.4 Å². The maximum atomic E-state index is 12.2. The van der Waals surface area contributed by atoms with Gasteiger partial charge >= 0.3 is 5.97 Å². The van der Waals surface area contributed by atoms with Crippen LogP contribution in [0.4, 0.5) is 0 Å². The normalized spacial score (nSPS) is 10.1. The van der Waals surface area contributed by atoms with Crippen LogP contribution in [0.15, 0.2) is 46.9 Å². The number of carbonyl (C=O) groups is 3. The van der Waals surface area contributed by atoms with Gasteiger partial charge in [-0.05, 0) is 31.2 Å². The minimum absolute atomic E-state index is 0.152. The van der Waals surface area contributed by atoms with E-state index >= 15 is 0 Å². The molecule has 2 rings (SSSR count). The van der Waals surface area contributed by atoms with Gasteiger partial charge in [-0.3, -0.25) is 9.59 Å². The molecule has 2 aromatic rings. The zero-order chi connectivity index (χ0) is 19.1. The Kier molecular flexibility index (Phi) is 6.91. The average Bonchev–Trinajstić information content (AvgIpc) is 2.65. The molecule has 7 heteroatoms. The van der Waals surface area contributed by atoms with Crippen LogP contribution in [-0.2, 0) is 4.74 Å². The fourth-order valence-corrected chi connectivity index (χ4v) is 2.67. The van der Waals surface area contributed by atoms with E-state index in [1.165, 1.54) is 14.0 Å². The lowest BCUT2D eigenvalue weighted by Crippen LogP contribution is -2.29. The van der Waals surface area contributed by atoms with Crippen molar-refractivity contribution < 1.29 is 23.9 Å². The molecular formula is C19H18BrNO5. The zero-order valence-corrected chi connectivity index (χ0v) is 16.0. The molecule has 0 spiro atoms. The van der Waals surface area contributed by atoms with Gasteiger partial charge in [-0.1, -0.05) is 34.1 Å². The van der Waals surface area contributed by atoms with Gasteiger partial charge in [0.1, 0.15) is 17.9 Å². The summed E-state index contributed by atoms with van der Waals surface area (Å²) in [5.41, 5.74) is 0.973. The molecule has 0 saturated carbocycles. The standard InChI is InChI=1S/C19H18BrNO5/c1-12(22)14-5-3-4-6-15(14)18(23)21-9-10-26-17-8-7-13(20)11-16(17)19(24)25-2/h3-8,11H,9-10H2,1-2H3,(H,21,23). The lowest BCUT2D eigenvalue weighted by Gasteiger charge is -2.12. The maximum Gasteiger partial charge on any atom is 0.341 e. The summed E-state index contributed by atoms with van der Waals surface area (Å²) < 4.78 is 11.0. The van der Waals surface area contributed by atoms with Crippen molar-refractivity contribution in [3.63, 3.8) is 0 Å². The number of ketones is 1. The number of Topliss-reactive ketones (excluding diaryl/α,β-unsaturated/α-hetero) is 1. The molecule has 0 aliphatic heterocycles. The Hall–Kier alpha value is -2.67. The number of amides is 1. The van der Waals surface area contributed by atoms with Crippen molar-refractivity contribution in [3.05, 3.63) is 63.6 Å². The van der Waals surface area contributed by atoms with Crippen LogP contribution in [0, 0.1) is 0 Å². The molecule has 6 nitrogen and oxygen atoms in total. The van der Waals surface area contributed by atoms with Crippen LogP contribution in [0.1, 0.15) is 38.0 Å². The van der Waals surface area contributed by atoms with Crippen LogP contribution in [0.5, 0.6) is 5.75 Å². The SMILES string of the molecule is COC(=O)c1cc(Br)ccc1OCCNC(=O)c1ccccc1C(C)=O. The number of methoxy groups -OCH3 is 1. The van der Waals surface area contributed by atoms with Crippen molar-refractivity contribution in [2.45, 2.75) is 6.92 Å². The number of ether oxygens (including phenoxy) is 2. The van der Waals surface area contributed by atoms with Gasteiger partial charge in [-0.15, -0.1) is 0 Å². The first-order chi connectivity index (χ1) is 12.4. The highest BCUT2D eigenvalue weighted by Gasteiger charge is 2.15. The molecule has 0 unspecified atom stereocenters. The number of nitrogens with one attached hydrogen (secondary N) is 1. The molecule has 0 aromatic heterocycles. The Labute approximate surface area is 159 Å². The number of esters is 1. The van der Waals surface area contributed by atoms with Gasteiger partial charge in [0, 0.05) is 10.0 Å². The number of benzene rings is 2. The van der Waals surface area contributed by atoms with Gasteiger partial charge in [0.2, 0.25) is 0 Å². The third kappa shape index (κ3) is 4.92. The summed E-state index contributed by atoms with van der Waals surface area (Å²) in [5.74, 6) is -0.688. The van der Waals surface area contributed by atoms with Crippen LogP contribution in [0.2, 0.25) is 0 Å². The van der Waals surface area contributed by atoms with Crippen LogP contribution >= 0.6 is 15.9 Å². The van der Waals surface area contributed by atoms with Crippen molar-refractivity contribution in [2.75, 3.05) is 20.3 Å². The van der Waals surface area contributed by atoms with Gasteiger partial charge in [-0.2, -0.15) is 0 Å². The minimum Gasteiger partial charge on any atom is -0.491 e. The van der Waals surface area contributed by atoms with Crippen molar-refractivity contribution in [3.8, 4) is 5.75 Å². The molecule has 1 amide bonds. The number of rotatable bonds is 7. The Balaban J connectivity index is 1.97. The second-order valence-corrected chi connectivity index (χ2v) is 6.25. The van der Waals surface area contributed by atoms with E-state index in [0.29, 0.717) is 16.9 Å². The Morgan fingerprint density at radius 3 is 2.38 bits per heavy atom. The van der Waals surface area contributed by atoms with E-state index in [2.05, 4.69) is 21.2 Å². The van der Waals surface area contributed by atoms with Gasteiger partial charge in [0.15, 0.2) is 5.78 Å². The van der Waals surface area contributed by atoms with Crippen molar-refractivity contribution >= 4 is 33.6 Å². The van der Waals surface area contributed by atoms with Crippen molar-refractivity contribution in [2.24, 2.45) is 0 Å². The second-order valence-electron chi connectivity index (χ2n) is 5.34. The molecule has 26 heavy (non-hydrogen) atoms. The zero-order valence-electron chi connectivity index (χ0n) is 14.4. The monoisotopic (exact) mass is 419 g/mol. The number of hydrogen-bond acceptors (Lipinski definition) is 5. The molecule has 0 fully saturated rings. The van der Waals surface area contributed by atoms with E-state index in [1.54, 1.807) is 42.5 Å². The smallest absolute Gasteiger partial charge is 0.341 e. The van der Waals surface area contributed by atoms with Crippen molar-refractivity contribution in [1.29, 1.82) is 0 Å². The van der Waals surface area contributed by atoms with Crippen LogP contribution in [0.25, 0.3) is 0 Å². The third-order valence-corrected chi connectivity index (χ3v) is 4.04. The predicted molar refractivity (Wildman–Crippen MR) is 99.8 cm³/mol. The second kappa shape index (κ2) is 9.15. The lowest BCUT2D eigenvalue weighted by atomic mass is 10.0. The molecule has 0 aliphatic rings. The first kappa shape index (κ1) is 19.7. The van der Waals surface area contributed by atoms with E-state index in [1.807, 2.05) is 0 Å². The Bertz CT molecular complexity index is 834. The third-order valence-electron chi connectivity index (χ3n) is 3.54. The summed E-state index contributed by atoms with van der Waals surface area (Å²) >= 11 is 3.29. The van der Waals surface area contributed by atoms with Gasteiger partial charge < -0.3 is 14.8 Å². The van der Waals surface area contributed by atoms with Gasteiger partial charge in [-0.25, -0.2) is 4.79 Å². The number of carbonyl (C=O) groups excluding carboxylic acids is 3. The van der Waals surface area contributed by atoms with Crippen molar-refractivity contribution in [1.82, 2.24) is 5.32 Å². The molecule has 0 saturated heterocycles.